The average molecular weight is 657 g/mol. The van der Waals surface area contributed by atoms with E-state index in [1.165, 1.54) is 21.6 Å². The number of nitrogens with zero attached hydrogens (tertiary/aromatic N) is 4. The van der Waals surface area contributed by atoms with Crippen LogP contribution in [-0.4, -0.2) is 42.9 Å². The highest BCUT2D eigenvalue weighted by molar-refractivity contribution is 7.85. The van der Waals surface area contributed by atoms with Gasteiger partial charge in [0.1, 0.15) is 5.82 Å². The van der Waals surface area contributed by atoms with Crippen LogP contribution in [-0.2, 0) is 32.7 Å². The van der Waals surface area contributed by atoms with Crippen LogP contribution in [0, 0.1) is 0 Å². The number of hydrogen-bond donors (Lipinski definition) is 2. The summed E-state index contributed by atoms with van der Waals surface area (Å²) in [5.74, 6) is -0.704. The fourth-order valence-corrected chi connectivity index (χ4v) is 6.37. The molecule has 0 saturated heterocycles. The second-order valence-corrected chi connectivity index (χ2v) is 13.0. The molecular weight excluding hydrogens is 634 g/mol. The number of aromatic nitrogens is 2. The smallest absolute Gasteiger partial charge is 0.304 e. The van der Waals surface area contributed by atoms with Gasteiger partial charge in [-0.05, 0) is 32.1 Å². The molecular formula is C23H23Cl4N4O6S2+. The van der Waals surface area contributed by atoms with Crippen LogP contribution < -0.4 is 14.4 Å². The van der Waals surface area contributed by atoms with Crippen molar-refractivity contribution in [3.05, 3.63) is 68.2 Å². The molecule has 0 radical (unpaired) electrons. The molecule has 0 unspecified atom stereocenters. The number of aryl methyl sites for hydroxylation is 1. The number of rotatable bonds is 8. The van der Waals surface area contributed by atoms with E-state index in [9.17, 15) is 25.9 Å². The second kappa shape index (κ2) is 11.1. The third kappa shape index (κ3) is 6.18. The zero-order chi connectivity index (χ0) is 28.9. The van der Waals surface area contributed by atoms with Crippen LogP contribution in [0.15, 0.2) is 42.2 Å². The first-order valence-corrected chi connectivity index (χ1v) is 16.1. The van der Waals surface area contributed by atoms with Gasteiger partial charge in [-0.2, -0.15) is 16.8 Å². The molecule has 0 amide bonds. The Bertz CT molecular complexity index is 1750. The maximum absolute atomic E-state index is 11.9. The Labute approximate surface area is 245 Å². The molecule has 0 aliphatic carbocycles. The van der Waals surface area contributed by atoms with Gasteiger partial charge < -0.3 is 9.80 Å². The molecule has 210 valence electrons. The first-order chi connectivity index (χ1) is 18.1. The van der Waals surface area contributed by atoms with Crippen molar-refractivity contribution in [1.29, 1.82) is 0 Å². The Hall–Kier alpha value is -2.03. The minimum absolute atomic E-state index is 0.208. The zero-order valence-corrected chi connectivity index (χ0v) is 25.2. The number of anilines is 2. The number of fused-ring (bicyclic) bond motifs is 2. The quantitative estimate of drug-likeness (QED) is 0.242. The summed E-state index contributed by atoms with van der Waals surface area (Å²) in [6.45, 7) is 4.54. The molecule has 0 atom stereocenters. The summed E-state index contributed by atoms with van der Waals surface area (Å²) in [7, 11) is -8.90. The van der Waals surface area contributed by atoms with E-state index >= 15 is 0 Å². The van der Waals surface area contributed by atoms with Gasteiger partial charge in [-0.15, -0.1) is 0 Å². The van der Waals surface area contributed by atoms with Gasteiger partial charge in [-0.1, -0.05) is 52.5 Å². The predicted octanol–water partition coefficient (Wildman–Crippen LogP) is 5.45. The predicted molar refractivity (Wildman–Crippen MR) is 155 cm³/mol. The van der Waals surface area contributed by atoms with Crippen molar-refractivity contribution in [2.24, 2.45) is 0 Å². The van der Waals surface area contributed by atoms with E-state index in [0.717, 1.165) is 0 Å². The van der Waals surface area contributed by atoms with Crippen LogP contribution in [0.3, 0.4) is 0 Å². The molecule has 0 saturated carbocycles. The summed E-state index contributed by atoms with van der Waals surface area (Å²) in [4.78, 5) is 3.16. The lowest BCUT2D eigenvalue weighted by Gasteiger charge is -2.23. The zero-order valence-electron chi connectivity index (χ0n) is 20.5. The highest BCUT2D eigenvalue weighted by Crippen LogP contribution is 2.45. The summed E-state index contributed by atoms with van der Waals surface area (Å²) in [5, 5.41) is 0.960. The normalized spacial score (nSPS) is 15.3. The molecule has 10 nitrogen and oxygen atoms in total. The fraction of sp³-hybridized carbons (Fsp3) is 0.261. The van der Waals surface area contributed by atoms with Crippen molar-refractivity contribution in [3.8, 4) is 0 Å². The minimum atomic E-state index is -4.45. The van der Waals surface area contributed by atoms with E-state index in [4.69, 9.17) is 46.4 Å². The SMILES string of the molecule is CCN1C(=CC=Cc2n(CC)c3cc(Cl)c(Cl)cc3[n+]2CS(=O)(=O)O)N(CS(=O)(=O)O)c2cc(Cl)c(Cl)cc21. The van der Waals surface area contributed by atoms with Crippen LogP contribution in [0.2, 0.25) is 20.1 Å². The van der Waals surface area contributed by atoms with E-state index in [-0.39, 0.29) is 20.1 Å². The molecule has 1 aromatic heterocycles. The lowest BCUT2D eigenvalue weighted by Crippen LogP contribution is -2.40. The summed E-state index contributed by atoms with van der Waals surface area (Å²) >= 11 is 24.8. The Morgan fingerprint density at radius 3 is 1.92 bits per heavy atom. The summed E-state index contributed by atoms with van der Waals surface area (Å²) in [6.07, 6.45) is 4.80. The largest absolute Gasteiger partial charge is 0.326 e. The molecule has 0 spiro atoms. The average Bonchev–Trinajstić information content (AvgIpc) is 3.23. The lowest BCUT2D eigenvalue weighted by molar-refractivity contribution is -0.654. The van der Waals surface area contributed by atoms with E-state index in [0.29, 0.717) is 47.1 Å². The molecule has 16 heteroatoms. The van der Waals surface area contributed by atoms with Crippen LogP contribution in [0.4, 0.5) is 11.4 Å². The number of benzene rings is 2. The third-order valence-corrected chi connectivity index (χ3v) is 8.63. The molecule has 4 rings (SSSR count). The van der Waals surface area contributed by atoms with Gasteiger partial charge in [0.05, 0.1) is 38.0 Å². The molecule has 1 aliphatic rings. The molecule has 39 heavy (non-hydrogen) atoms. The number of hydrogen-bond acceptors (Lipinski definition) is 6. The minimum Gasteiger partial charge on any atom is -0.326 e. The van der Waals surface area contributed by atoms with Gasteiger partial charge in [0.2, 0.25) is 5.88 Å². The Morgan fingerprint density at radius 1 is 0.821 bits per heavy atom. The van der Waals surface area contributed by atoms with Gasteiger partial charge in [-0.25, -0.2) is 9.13 Å². The van der Waals surface area contributed by atoms with Gasteiger partial charge >= 0.3 is 10.1 Å². The number of imidazole rings is 1. The van der Waals surface area contributed by atoms with Crippen LogP contribution >= 0.6 is 46.4 Å². The van der Waals surface area contributed by atoms with Gasteiger partial charge in [-0.3, -0.25) is 9.11 Å². The standard InChI is InChI=1S/C23H22Cl4N4O6S2/c1-3-28-18-8-14(24)16(26)10-20(18)30(12-38(32,33)34)22(28)6-5-7-23-29(4-2)19-9-15(25)17(27)11-21(19)31(23)13-39(35,36)37/h5-11H,3-4,12-13H2,1-2H3,(H-,32,33,34,35,36,37)/p+1. The topological polar surface area (TPSA) is 124 Å². The molecule has 0 bridgehead atoms. The van der Waals surface area contributed by atoms with E-state index < -0.39 is 32.0 Å². The number of allylic oxidation sites excluding steroid dienone is 2. The lowest BCUT2D eigenvalue weighted by atomic mass is 10.2. The van der Waals surface area contributed by atoms with Crippen molar-refractivity contribution in [3.63, 3.8) is 0 Å². The van der Waals surface area contributed by atoms with Gasteiger partial charge in [0.15, 0.2) is 16.9 Å². The summed E-state index contributed by atoms with van der Waals surface area (Å²) < 4.78 is 70.0. The maximum atomic E-state index is 11.9. The molecule has 2 heterocycles. The van der Waals surface area contributed by atoms with Crippen molar-refractivity contribution in [2.45, 2.75) is 26.3 Å². The van der Waals surface area contributed by atoms with E-state index in [1.807, 2.05) is 13.8 Å². The molecule has 0 fully saturated rings. The van der Waals surface area contributed by atoms with Gasteiger partial charge in [0.25, 0.3) is 15.9 Å². The van der Waals surface area contributed by atoms with Crippen molar-refractivity contribution in [1.82, 2.24) is 4.57 Å². The first-order valence-electron chi connectivity index (χ1n) is 11.4. The van der Waals surface area contributed by atoms with Crippen LogP contribution in [0.1, 0.15) is 19.7 Å². The van der Waals surface area contributed by atoms with Crippen molar-refractivity contribution in [2.75, 3.05) is 22.2 Å². The highest BCUT2D eigenvalue weighted by Gasteiger charge is 2.34. The number of halogens is 4. The summed E-state index contributed by atoms with van der Waals surface area (Å²) in [5.41, 5.74) is 2.03. The van der Waals surface area contributed by atoms with Crippen LogP contribution in [0.25, 0.3) is 17.1 Å². The fourth-order valence-electron chi connectivity index (χ4n) is 4.54. The van der Waals surface area contributed by atoms with Crippen LogP contribution in [0.5, 0.6) is 0 Å². The Kier molecular flexibility index (Phi) is 8.52. The Balaban J connectivity index is 1.90. The summed E-state index contributed by atoms with van der Waals surface area (Å²) in [6, 6.07) is 6.24. The van der Waals surface area contributed by atoms with E-state index in [1.54, 1.807) is 39.8 Å². The molecule has 3 aromatic rings. The monoisotopic (exact) mass is 655 g/mol. The maximum Gasteiger partial charge on any atom is 0.304 e. The van der Waals surface area contributed by atoms with Gasteiger partial charge in [0, 0.05) is 24.8 Å². The highest BCUT2D eigenvalue weighted by atomic mass is 35.5. The molecule has 2 N–H and O–H groups in total. The second-order valence-electron chi connectivity index (χ2n) is 8.52. The van der Waals surface area contributed by atoms with E-state index in [2.05, 4.69) is 0 Å². The van der Waals surface area contributed by atoms with Crippen molar-refractivity contribution < 1.29 is 30.5 Å². The third-order valence-electron chi connectivity index (χ3n) is 6.01. The molecule has 1 aliphatic heterocycles. The first kappa shape index (κ1) is 29.9. The molecule has 2 aromatic carbocycles. The van der Waals surface area contributed by atoms with Crippen molar-refractivity contribution >= 4 is 95.1 Å². The Morgan fingerprint density at radius 2 is 1.38 bits per heavy atom.